The van der Waals surface area contributed by atoms with Gasteiger partial charge in [0.2, 0.25) is 0 Å². The minimum absolute atomic E-state index is 0.491. The van der Waals surface area contributed by atoms with Gasteiger partial charge in [0.15, 0.2) is 0 Å². The zero-order valence-corrected chi connectivity index (χ0v) is 9.29. The Bertz CT molecular complexity index is 261. The van der Waals surface area contributed by atoms with Gasteiger partial charge in [0.25, 0.3) is 0 Å². The standard InChI is InChI=1S/C10H15ClN2O/c1-13(2)6-3-7-14-9-4-5-10(11)12-8-9/h4-5,8H,3,6-7H2,1-2H3. The van der Waals surface area contributed by atoms with Crippen LogP contribution in [0.3, 0.4) is 0 Å². The van der Waals surface area contributed by atoms with E-state index in [1.165, 1.54) is 0 Å². The molecule has 0 atom stereocenters. The van der Waals surface area contributed by atoms with E-state index in [2.05, 4.69) is 9.88 Å². The highest BCUT2D eigenvalue weighted by atomic mass is 35.5. The van der Waals surface area contributed by atoms with Gasteiger partial charge in [-0.2, -0.15) is 0 Å². The minimum Gasteiger partial charge on any atom is -0.492 e. The Morgan fingerprint density at radius 1 is 1.43 bits per heavy atom. The predicted molar refractivity (Wildman–Crippen MR) is 57.9 cm³/mol. The highest BCUT2D eigenvalue weighted by Crippen LogP contribution is 2.11. The topological polar surface area (TPSA) is 25.4 Å². The molecule has 0 bridgehead atoms. The van der Waals surface area contributed by atoms with Gasteiger partial charge >= 0.3 is 0 Å². The average Bonchev–Trinajstić information content (AvgIpc) is 2.15. The van der Waals surface area contributed by atoms with Crippen LogP contribution in [0.5, 0.6) is 5.75 Å². The van der Waals surface area contributed by atoms with Crippen molar-refractivity contribution in [2.45, 2.75) is 6.42 Å². The van der Waals surface area contributed by atoms with Crippen LogP contribution in [0, 0.1) is 0 Å². The smallest absolute Gasteiger partial charge is 0.137 e. The molecule has 4 heteroatoms. The lowest BCUT2D eigenvalue weighted by Gasteiger charge is -2.09. The van der Waals surface area contributed by atoms with E-state index >= 15 is 0 Å². The van der Waals surface area contributed by atoms with Crippen molar-refractivity contribution in [2.24, 2.45) is 0 Å². The molecule has 0 aromatic carbocycles. The first-order valence-electron chi connectivity index (χ1n) is 4.57. The van der Waals surface area contributed by atoms with Crippen LogP contribution in [0.1, 0.15) is 6.42 Å². The maximum Gasteiger partial charge on any atom is 0.137 e. The van der Waals surface area contributed by atoms with Crippen LogP contribution in [-0.2, 0) is 0 Å². The van der Waals surface area contributed by atoms with Crippen molar-refractivity contribution in [2.75, 3.05) is 27.2 Å². The van der Waals surface area contributed by atoms with E-state index in [0.717, 1.165) is 18.7 Å². The maximum atomic E-state index is 5.64. The summed E-state index contributed by atoms with van der Waals surface area (Å²) >= 11 is 5.64. The highest BCUT2D eigenvalue weighted by molar-refractivity contribution is 6.29. The number of ether oxygens (including phenoxy) is 1. The highest BCUT2D eigenvalue weighted by Gasteiger charge is 1.95. The number of rotatable bonds is 5. The van der Waals surface area contributed by atoms with Crippen molar-refractivity contribution in [1.29, 1.82) is 0 Å². The van der Waals surface area contributed by atoms with Crippen molar-refractivity contribution in [3.63, 3.8) is 0 Å². The van der Waals surface area contributed by atoms with Gasteiger partial charge in [0.1, 0.15) is 10.9 Å². The molecule has 1 rings (SSSR count). The zero-order valence-electron chi connectivity index (χ0n) is 8.53. The summed E-state index contributed by atoms with van der Waals surface area (Å²) in [7, 11) is 4.09. The second kappa shape index (κ2) is 5.83. The molecule has 0 spiro atoms. The molecule has 0 saturated heterocycles. The molecule has 0 aliphatic heterocycles. The van der Waals surface area contributed by atoms with Crippen LogP contribution in [0.4, 0.5) is 0 Å². The summed E-state index contributed by atoms with van der Waals surface area (Å²) in [5, 5.41) is 0.491. The minimum atomic E-state index is 0.491. The van der Waals surface area contributed by atoms with E-state index in [9.17, 15) is 0 Å². The molecule has 78 valence electrons. The number of halogens is 1. The van der Waals surface area contributed by atoms with Gasteiger partial charge < -0.3 is 9.64 Å². The van der Waals surface area contributed by atoms with Gasteiger partial charge in [-0.25, -0.2) is 4.98 Å². The molecule has 0 aliphatic carbocycles. The fourth-order valence-corrected chi connectivity index (χ4v) is 1.13. The van der Waals surface area contributed by atoms with Crippen LogP contribution < -0.4 is 4.74 Å². The number of hydrogen-bond donors (Lipinski definition) is 0. The quantitative estimate of drug-likeness (QED) is 0.554. The molecule has 0 aliphatic rings. The van der Waals surface area contributed by atoms with Gasteiger partial charge in [-0.15, -0.1) is 0 Å². The summed E-state index contributed by atoms with van der Waals surface area (Å²) in [5.41, 5.74) is 0. The van der Waals surface area contributed by atoms with Gasteiger partial charge in [-0.05, 0) is 32.6 Å². The summed E-state index contributed by atoms with van der Waals surface area (Å²) < 4.78 is 5.46. The SMILES string of the molecule is CN(C)CCCOc1ccc(Cl)nc1. The number of hydrogen-bond acceptors (Lipinski definition) is 3. The number of pyridine rings is 1. The number of aromatic nitrogens is 1. The Hall–Kier alpha value is -0.800. The summed E-state index contributed by atoms with van der Waals surface area (Å²) in [5.74, 6) is 0.771. The fraction of sp³-hybridized carbons (Fsp3) is 0.500. The lowest BCUT2D eigenvalue weighted by molar-refractivity contribution is 0.281. The van der Waals surface area contributed by atoms with Crippen molar-refractivity contribution in [3.8, 4) is 5.75 Å². The van der Waals surface area contributed by atoms with E-state index in [4.69, 9.17) is 16.3 Å². The van der Waals surface area contributed by atoms with Gasteiger partial charge in [0, 0.05) is 6.54 Å². The van der Waals surface area contributed by atoms with Gasteiger partial charge in [-0.3, -0.25) is 0 Å². The second-order valence-electron chi connectivity index (χ2n) is 3.32. The molecule has 0 saturated carbocycles. The maximum absolute atomic E-state index is 5.64. The normalized spacial score (nSPS) is 10.6. The van der Waals surface area contributed by atoms with Crippen molar-refractivity contribution >= 4 is 11.6 Å². The third-order valence-corrected chi connectivity index (χ3v) is 1.94. The van der Waals surface area contributed by atoms with Crippen LogP contribution in [-0.4, -0.2) is 37.1 Å². The summed E-state index contributed by atoms with van der Waals surface area (Å²) in [4.78, 5) is 6.05. The fourth-order valence-electron chi connectivity index (χ4n) is 1.02. The predicted octanol–water partition coefficient (Wildman–Crippen LogP) is 2.07. The van der Waals surface area contributed by atoms with E-state index < -0.39 is 0 Å². The Balaban J connectivity index is 2.21. The van der Waals surface area contributed by atoms with E-state index in [0.29, 0.717) is 11.8 Å². The van der Waals surface area contributed by atoms with Crippen molar-refractivity contribution in [1.82, 2.24) is 9.88 Å². The lowest BCUT2D eigenvalue weighted by atomic mass is 10.4. The molecule has 1 heterocycles. The van der Waals surface area contributed by atoms with Crippen LogP contribution in [0.2, 0.25) is 5.15 Å². The molecule has 14 heavy (non-hydrogen) atoms. The first-order chi connectivity index (χ1) is 6.68. The second-order valence-corrected chi connectivity index (χ2v) is 3.71. The molecule has 0 fully saturated rings. The van der Waals surface area contributed by atoms with Crippen LogP contribution >= 0.6 is 11.6 Å². The van der Waals surface area contributed by atoms with Crippen LogP contribution in [0.25, 0.3) is 0 Å². The summed E-state index contributed by atoms with van der Waals surface area (Å²) in [6.45, 7) is 1.74. The molecular weight excluding hydrogens is 200 g/mol. The lowest BCUT2D eigenvalue weighted by Crippen LogP contribution is -2.15. The number of nitrogens with zero attached hydrogens (tertiary/aromatic N) is 2. The van der Waals surface area contributed by atoms with Gasteiger partial charge in [-0.1, -0.05) is 11.6 Å². The first-order valence-corrected chi connectivity index (χ1v) is 4.95. The monoisotopic (exact) mass is 214 g/mol. The summed E-state index contributed by atoms with van der Waals surface area (Å²) in [6.07, 6.45) is 2.65. The molecule has 1 aromatic rings. The molecular formula is C10H15ClN2O. The van der Waals surface area contributed by atoms with E-state index in [1.807, 2.05) is 20.2 Å². The largest absolute Gasteiger partial charge is 0.492 e. The molecule has 0 unspecified atom stereocenters. The Morgan fingerprint density at radius 3 is 2.79 bits per heavy atom. The molecule has 3 nitrogen and oxygen atoms in total. The molecule has 0 radical (unpaired) electrons. The van der Waals surface area contributed by atoms with Crippen LogP contribution in [0.15, 0.2) is 18.3 Å². The van der Waals surface area contributed by atoms with Gasteiger partial charge in [0.05, 0.1) is 12.8 Å². The third kappa shape index (κ3) is 4.44. The Kier molecular flexibility index (Phi) is 4.70. The Labute approximate surface area is 89.7 Å². The first kappa shape index (κ1) is 11.3. The Morgan fingerprint density at radius 2 is 2.21 bits per heavy atom. The van der Waals surface area contributed by atoms with E-state index in [1.54, 1.807) is 12.3 Å². The third-order valence-electron chi connectivity index (χ3n) is 1.72. The van der Waals surface area contributed by atoms with Crippen molar-refractivity contribution < 1.29 is 4.74 Å². The average molecular weight is 215 g/mol. The molecule has 1 aromatic heterocycles. The summed E-state index contributed by atoms with van der Waals surface area (Å²) in [6, 6.07) is 3.55. The van der Waals surface area contributed by atoms with E-state index in [-0.39, 0.29) is 0 Å². The zero-order chi connectivity index (χ0) is 10.4. The molecule has 0 amide bonds. The molecule has 0 N–H and O–H groups in total. The van der Waals surface area contributed by atoms with Crippen molar-refractivity contribution in [3.05, 3.63) is 23.5 Å².